The smallest absolute Gasteiger partial charge is 0.352 e. The van der Waals surface area contributed by atoms with Gasteiger partial charge in [0.15, 0.2) is 0 Å². The molecule has 5 nitrogen and oxygen atoms in total. The molecule has 1 aromatic rings. The second-order valence-corrected chi connectivity index (χ2v) is 3.76. The maximum absolute atomic E-state index is 6.78. The van der Waals surface area contributed by atoms with Crippen molar-refractivity contribution < 1.29 is 4.52 Å². The summed E-state index contributed by atoms with van der Waals surface area (Å²) in [6.07, 6.45) is 2.19. The van der Waals surface area contributed by atoms with E-state index in [1.807, 2.05) is 6.92 Å². The Morgan fingerprint density at radius 1 is 1.38 bits per heavy atom. The molecule has 0 aromatic carbocycles. The molecule has 0 saturated carbocycles. The number of aromatic nitrogens is 2. The Balaban J connectivity index is 2.73. The van der Waals surface area contributed by atoms with Crippen LogP contribution in [0.2, 0.25) is 0 Å². The third-order valence-electron chi connectivity index (χ3n) is 2.47. The van der Waals surface area contributed by atoms with Crippen LogP contribution in [-0.4, -0.2) is 28.1 Å². The van der Waals surface area contributed by atoms with E-state index < -0.39 is 0 Å². The maximum Gasteiger partial charge on any atom is 0.472 e. The van der Waals surface area contributed by atoms with E-state index in [1.165, 1.54) is 0 Å². The van der Waals surface area contributed by atoms with Crippen LogP contribution in [0.5, 0.6) is 0 Å². The zero-order chi connectivity index (χ0) is 12.0. The van der Waals surface area contributed by atoms with Gasteiger partial charge in [0.25, 0.3) is 5.82 Å². The molecule has 1 unspecified atom stereocenters. The second kappa shape index (κ2) is 6.23. The first kappa shape index (κ1) is 12.7. The monoisotopic (exact) mass is 222 g/mol. The van der Waals surface area contributed by atoms with Gasteiger partial charge in [0.05, 0.1) is 6.04 Å². The van der Waals surface area contributed by atoms with Crippen LogP contribution in [-0.2, 0) is 0 Å². The lowest BCUT2D eigenvalue weighted by molar-refractivity contribution is 0.200. The average Bonchev–Trinajstić information content (AvgIpc) is 2.76. The highest BCUT2D eigenvalue weighted by Crippen LogP contribution is 2.20. The van der Waals surface area contributed by atoms with Gasteiger partial charge >= 0.3 is 6.01 Å². The molecule has 16 heavy (non-hydrogen) atoms. The van der Waals surface area contributed by atoms with Crippen molar-refractivity contribution in [3.63, 3.8) is 0 Å². The van der Waals surface area contributed by atoms with E-state index in [0.29, 0.717) is 5.82 Å². The lowest BCUT2D eigenvalue weighted by Gasteiger charge is -2.24. The lowest BCUT2D eigenvalue weighted by Crippen LogP contribution is -2.29. The summed E-state index contributed by atoms with van der Waals surface area (Å²) in [7, 11) is 0. The number of hydrogen-bond acceptors (Lipinski definition) is 4. The summed E-state index contributed by atoms with van der Waals surface area (Å²) in [6.45, 7) is 15.1. The number of hydrogen-bond donors (Lipinski definition) is 0. The highest BCUT2D eigenvalue weighted by atomic mass is 16.5. The minimum Gasteiger partial charge on any atom is -0.352 e. The molecule has 1 aromatic heterocycles. The van der Waals surface area contributed by atoms with Gasteiger partial charge in [-0.2, -0.15) is 0 Å². The standard InChI is InChI=1S/C11H18N4O/c1-5-7-15(8-6-2)9(3)10-13-11(12-4)16-14-10/h9H,5-8H2,1-3H3. The molecule has 0 aliphatic carbocycles. The second-order valence-electron chi connectivity index (χ2n) is 3.76. The first-order chi connectivity index (χ1) is 7.72. The fourth-order valence-corrected chi connectivity index (χ4v) is 1.68. The summed E-state index contributed by atoms with van der Waals surface area (Å²) in [4.78, 5) is 9.46. The topological polar surface area (TPSA) is 46.5 Å². The van der Waals surface area contributed by atoms with Gasteiger partial charge in [-0.05, 0) is 38.0 Å². The highest BCUT2D eigenvalue weighted by Gasteiger charge is 2.22. The van der Waals surface area contributed by atoms with E-state index >= 15 is 0 Å². The van der Waals surface area contributed by atoms with Crippen LogP contribution in [0, 0.1) is 6.57 Å². The van der Waals surface area contributed by atoms with Crippen LogP contribution in [0.4, 0.5) is 6.01 Å². The molecule has 0 fully saturated rings. The summed E-state index contributed by atoms with van der Waals surface area (Å²) >= 11 is 0. The molecule has 0 amide bonds. The molecule has 0 spiro atoms. The van der Waals surface area contributed by atoms with E-state index in [0.717, 1.165) is 25.9 Å². The highest BCUT2D eigenvalue weighted by molar-refractivity contribution is 5.18. The summed E-state index contributed by atoms with van der Waals surface area (Å²) in [5, 5.41) is 3.83. The molecule has 0 saturated heterocycles. The molecule has 88 valence electrons. The van der Waals surface area contributed by atoms with Crippen LogP contribution in [0.25, 0.3) is 4.85 Å². The van der Waals surface area contributed by atoms with Crippen LogP contribution in [0.3, 0.4) is 0 Å². The Kier molecular flexibility index (Phi) is 4.93. The Labute approximate surface area is 96.3 Å². The first-order valence-electron chi connectivity index (χ1n) is 5.68. The molecule has 1 heterocycles. The number of rotatable bonds is 6. The zero-order valence-corrected chi connectivity index (χ0v) is 10.1. The van der Waals surface area contributed by atoms with Gasteiger partial charge in [0.2, 0.25) is 0 Å². The minimum atomic E-state index is 0.0230. The summed E-state index contributed by atoms with van der Waals surface area (Å²) in [5.74, 6) is 0.605. The molecule has 0 radical (unpaired) electrons. The first-order valence-corrected chi connectivity index (χ1v) is 5.68. The Hall–Kier alpha value is -1.41. The van der Waals surface area contributed by atoms with Gasteiger partial charge in [0, 0.05) is 0 Å². The van der Waals surface area contributed by atoms with Gasteiger partial charge < -0.3 is 9.37 Å². The van der Waals surface area contributed by atoms with Crippen molar-refractivity contribution >= 4 is 6.01 Å². The SMILES string of the molecule is [C-]#[N+]c1nc(C(C)N(CCC)CCC)no1. The van der Waals surface area contributed by atoms with Crippen molar-refractivity contribution in [3.8, 4) is 0 Å². The van der Waals surface area contributed by atoms with Gasteiger partial charge in [0.1, 0.15) is 0 Å². The Morgan fingerprint density at radius 2 is 2.00 bits per heavy atom. The predicted molar refractivity (Wildman–Crippen MR) is 61.1 cm³/mol. The molecule has 0 aliphatic rings. The molecule has 5 heteroatoms. The third-order valence-corrected chi connectivity index (χ3v) is 2.47. The van der Waals surface area contributed by atoms with E-state index in [9.17, 15) is 0 Å². The van der Waals surface area contributed by atoms with Crippen molar-refractivity contribution in [1.82, 2.24) is 15.0 Å². The van der Waals surface area contributed by atoms with Crippen LogP contribution in [0.15, 0.2) is 4.52 Å². The van der Waals surface area contributed by atoms with E-state index in [-0.39, 0.29) is 12.1 Å². The van der Waals surface area contributed by atoms with Crippen LogP contribution < -0.4 is 0 Å². The molecule has 0 N–H and O–H groups in total. The average molecular weight is 222 g/mol. The van der Waals surface area contributed by atoms with Crippen molar-refractivity contribution in [3.05, 3.63) is 17.2 Å². The fraction of sp³-hybridized carbons (Fsp3) is 0.727. The van der Waals surface area contributed by atoms with Crippen LogP contribution in [0.1, 0.15) is 45.5 Å². The molecule has 0 aliphatic heterocycles. The van der Waals surface area contributed by atoms with Gasteiger partial charge in [-0.15, -0.1) is 0 Å². The summed E-state index contributed by atoms with van der Waals surface area (Å²) < 4.78 is 4.80. The quantitative estimate of drug-likeness (QED) is 0.694. The summed E-state index contributed by atoms with van der Waals surface area (Å²) in [5.41, 5.74) is 0. The van der Waals surface area contributed by atoms with Crippen molar-refractivity contribution in [2.24, 2.45) is 0 Å². The van der Waals surface area contributed by atoms with Crippen LogP contribution >= 0.6 is 0 Å². The largest absolute Gasteiger partial charge is 0.472 e. The van der Waals surface area contributed by atoms with Crippen molar-refractivity contribution in [1.29, 1.82) is 0 Å². The zero-order valence-electron chi connectivity index (χ0n) is 10.1. The fourth-order valence-electron chi connectivity index (χ4n) is 1.68. The number of nitrogens with zero attached hydrogens (tertiary/aromatic N) is 4. The molecular weight excluding hydrogens is 204 g/mol. The molecule has 1 rings (SSSR count). The van der Waals surface area contributed by atoms with E-state index in [4.69, 9.17) is 11.1 Å². The van der Waals surface area contributed by atoms with Crippen molar-refractivity contribution in [2.45, 2.75) is 39.7 Å². The van der Waals surface area contributed by atoms with E-state index in [2.05, 4.69) is 33.7 Å². The van der Waals surface area contributed by atoms with Gasteiger partial charge in [-0.3, -0.25) is 4.90 Å². The lowest BCUT2D eigenvalue weighted by atomic mass is 10.2. The Bertz CT molecular complexity index is 349. The normalized spacial score (nSPS) is 12.7. The minimum absolute atomic E-state index is 0.0230. The third kappa shape index (κ3) is 3.04. The maximum atomic E-state index is 6.78. The predicted octanol–water partition coefficient (Wildman–Crippen LogP) is 2.80. The Morgan fingerprint density at radius 3 is 2.44 bits per heavy atom. The molecule has 0 bridgehead atoms. The summed E-state index contributed by atoms with van der Waals surface area (Å²) in [6, 6.07) is 0.133. The van der Waals surface area contributed by atoms with E-state index in [1.54, 1.807) is 0 Å². The molecule has 1 atom stereocenters. The molecular formula is C11H18N4O. The van der Waals surface area contributed by atoms with Gasteiger partial charge in [-0.1, -0.05) is 25.4 Å². The van der Waals surface area contributed by atoms with Crippen molar-refractivity contribution in [2.75, 3.05) is 13.1 Å². The van der Waals surface area contributed by atoms with Gasteiger partial charge in [-0.25, -0.2) is 0 Å².